The summed E-state index contributed by atoms with van der Waals surface area (Å²) in [5.74, 6) is -0.159. The van der Waals surface area contributed by atoms with Gasteiger partial charge in [-0.2, -0.15) is 5.10 Å². The summed E-state index contributed by atoms with van der Waals surface area (Å²) in [4.78, 5) is 27.3. The van der Waals surface area contributed by atoms with Crippen LogP contribution in [0.5, 0.6) is 0 Å². The summed E-state index contributed by atoms with van der Waals surface area (Å²) in [6.07, 6.45) is 7.40. The fourth-order valence-electron chi connectivity index (χ4n) is 3.89. The molecule has 6 nitrogen and oxygen atoms in total. The quantitative estimate of drug-likeness (QED) is 0.320. The lowest BCUT2D eigenvalue weighted by molar-refractivity contribution is -0.127. The average Bonchev–Trinajstić information content (AvgIpc) is 2.83. The van der Waals surface area contributed by atoms with E-state index in [4.69, 9.17) is 11.6 Å². The van der Waals surface area contributed by atoms with E-state index in [-0.39, 0.29) is 17.9 Å². The molecule has 1 saturated heterocycles. The SMILES string of the molecule is O=C(NCCCCC(C(=O)N/N=C/c1ccccc1Cl)N1CCCCC1)c1ccccc1. The number of hydrazone groups is 1. The number of halogens is 1. The monoisotopic (exact) mass is 454 g/mol. The van der Waals surface area contributed by atoms with Crippen LogP contribution in [0, 0.1) is 0 Å². The van der Waals surface area contributed by atoms with Crippen molar-refractivity contribution in [3.05, 3.63) is 70.7 Å². The van der Waals surface area contributed by atoms with Crippen LogP contribution in [0.4, 0.5) is 0 Å². The second kappa shape index (κ2) is 13.0. The number of amides is 2. The van der Waals surface area contributed by atoms with Crippen LogP contribution < -0.4 is 10.7 Å². The molecule has 1 atom stereocenters. The van der Waals surface area contributed by atoms with Gasteiger partial charge in [-0.1, -0.05) is 54.4 Å². The molecule has 2 aromatic rings. The predicted molar refractivity (Wildman–Crippen MR) is 129 cm³/mol. The summed E-state index contributed by atoms with van der Waals surface area (Å²) < 4.78 is 0. The Bertz CT molecular complexity index is 898. The van der Waals surface area contributed by atoms with E-state index in [1.807, 2.05) is 36.4 Å². The van der Waals surface area contributed by atoms with Crippen molar-refractivity contribution in [3.63, 3.8) is 0 Å². The molecule has 2 amide bonds. The topological polar surface area (TPSA) is 73.8 Å². The first-order valence-electron chi connectivity index (χ1n) is 11.3. The van der Waals surface area contributed by atoms with Crippen molar-refractivity contribution in [2.75, 3.05) is 19.6 Å². The Morgan fingerprint density at radius 2 is 1.72 bits per heavy atom. The van der Waals surface area contributed by atoms with E-state index < -0.39 is 0 Å². The molecule has 0 spiro atoms. The maximum atomic E-state index is 12.9. The molecule has 3 rings (SSSR count). The molecule has 0 saturated carbocycles. The number of nitrogens with one attached hydrogen (secondary N) is 2. The smallest absolute Gasteiger partial charge is 0.257 e. The molecule has 1 aliphatic heterocycles. The lowest BCUT2D eigenvalue weighted by Crippen LogP contribution is -2.47. The molecule has 0 radical (unpaired) electrons. The number of hydrogen-bond donors (Lipinski definition) is 2. The molecule has 0 bridgehead atoms. The van der Waals surface area contributed by atoms with Crippen LogP contribution in [0.2, 0.25) is 5.02 Å². The van der Waals surface area contributed by atoms with Crippen molar-refractivity contribution >= 4 is 29.6 Å². The van der Waals surface area contributed by atoms with Crippen molar-refractivity contribution in [1.82, 2.24) is 15.6 Å². The Morgan fingerprint density at radius 3 is 2.47 bits per heavy atom. The Kier molecular flexibility index (Phi) is 9.72. The van der Waals surface area contributed by atoms with Gasteiger partial charge in [0.15, 0.2) is 0 Å². The summed E-state index contributed by atoms with van der Waals surface area (Å²) in [5, 5.41) is 7.67. The van der Waals surface area contributed by atoms with Gasteiger partial charge in [-0.15, -0.1) is 0 Å². The number of benzene rings is 2. The second-order valence-electron chi connectivity index (χ2n) is 7.99. The Hall–Kier alpha value is -2.70. The molecule has 0 aromatic heterocycles. The van der Waals surface area contributed by atoms with Gasteiger partial charge >= 0.3 is 0 Å². The van der Waals surface area contributed by atoms with E-state index >= 15 is 0 Å². The number of hydrogen-bond acceptors (Lipinski definition) is 4. The first-order chi connectivity index (χ1) is 15.6. The van der Waals surface area contributed by atoms with Crippen molar-refractivity contribution < 1.29 is 9.59 Å². The van der Waals surface area contributed by atoms with Crippen LogP contribution in [-0.4, -0.2) is 48.6 Å². The minimum atomic E-state index is -0.219. The zero-order chi connectivity index (χ0) is 22.6. The van der Waals surface area contributed by atoms with Gasteiger partial charge < -0.3 is 5.32 Å². The van der Waals surface area contributed by atoms with Crippen LogP contribution in [-0.2, 0) is 4.79 Å². The predicted octanol–water partition coefficient (Wildman–Crippen LogP) is 4.24. The van der Waals surface area contributed by atoms with Gasteiger partial charge in [0.05, 0.1) is 12.3 Å². The first kappa shape index (κ1) is 24.0. The zero-order valence-electron chi connectivity index (χ0n) is 18.3. The Balaban J connectivity index is 1.48. The molecular formula is C25H31ClN4O2. The van der Waals surface area contributed by atoms with Gasteiger partial charge in [-0.3, -0.25) is 14.5 Å². The highest BCUT2D eigenvalue weighted by Crippen LogP contribution is 2.17. The van der Waals surface area contributed by atoms with Gasteiger partial charge in [0, 0.05) is 22.7 Å². The minimum Gasteiger partial charge on any atom is -0.352 e. The number of unbranched alkanes of at least 4 members (excludes halogenated alkanes) is 1. The number of carbonyl (C=O) groups is 2. The number of nitrogens with zero attached hydrogens (tertiary/aromatic N) is 2. The molecular weight excluding hydrogens is 424 g/mol. The molecule has 2 N–H and O–H groups in total. The third-order valence-corrected chi connectivity index (χ3v) is 5.99. The fraction of sp³-hybridized carbons (Fsp3) is 0.400. The first-order valence-corrected chi connectivity index (χ1v) is 11.7. The third-order valence-electron chi connectivity index (χ3n) is 5.64. The average molecular weight is 455 g/mol. The summed E-state index contributed by atoms with van der Waals surface area (Å²) in [7, 11) is 0. The van der Waals surface area contributed by atoms with Crippen LogP contribution in [0.15, 0.2) is 59.7 Å². The molecule has 2 aromatic carbocycles. The fourth-order valence-corrected chi connectivity index (χ4v) is 4.07. The van der Waals surface area contributed by atoms with Crippen molar-refractivity contribution in [1.29, 1.82) is 0 Å². The maximum absolute atomic E-state index is 12.9. The van der Waals surface area contributed by atoms with Crippen molar-refractivity contribution in [3.8, 4) is 0 Å². The highest BCUT2D eigenvalue weighted by molar-refractivity contribution is 6.33. The molecule has 1 heterocycles. The van der Waals surface area contributed by atoms with E-state index in [0.717, 1.165) is 50.8 Å². The Labute approximate surface area is 195 Å². The normalized spacial score (nSPS) is 15.4. The number of carbonyl (C=O) groups excluding carboxylic acids is 2. The van der Waals surface area contributed by atoms with E-state index in [1.165, 1.54) is 6.42 Å². The highest BCUT2D eigenvalue weighted by atomic mass is 35.5. The summed E-state index contributed by atoms with van der Waals surface area (Å²) >= 11 is 6.14. The lowest BCUT2D eigenvalue weighted by atomic mass is 10.0. The molecule has 1 aliphatic rings. The largest absolute Gasteiger partial charge is 0.352 e. The number of likely N-dealkylation sites (tertiary alicyclic amines) is 1. The van der Waals surface area contributed by atoms with Crippen molar-refractivity contribution in [2.45, 2.75) is 44.6 Å². The van der Waals surface area contributed by atoms with Crippen molar-refractivity contribution in [2.24, 2.45) is 5.10 Å². The summed E-state index contributed by atoms with van der Waals surface area (Å²) in [6.45, 7) is 2.45. The zero-order valence-corrected chi connectivity index (χ0v) is 19.1. The van der Waals surface area contributed by atoms with Crippen LogP contribution in [0.3, 0.4) is 0 Å². The van der Waals surface area contributed by atoms with E-state index in [9.17, 15) is 9.59 Å². The molecule has 170 valence electrons. The third kappa shape index (κ3) is 7.46. The molecule has 1 fully saturated rings. The molecule has 1 unspecified atom stereocenters. The lowest BCUT2D eigenvalue weighted by Gasteiger charge is -2.33. The molecule has 0 aliphatic carbocycles. The van der Waals surface area contributed by atoms with Crippen LogP contribution in [0.25, 0.3) is 0 Å². The van der Waals surface area contributed by atoms with Gasteiger partial charge in [-0.05, 0) is 63.4 Å². The molecule has 32 heavy (non-hydrogen) atoms. The van der Waals surface area contributed by atoms with Crippen LogP contribution >= 0.6 is 11.6 Å². The Morgan fingerprint density at radius 1 is 1.00 bits per heavy atom. The van der Waals surface area contributed by atoms with Crippen LogP contribution in [0.1, 0.15) is 54.4 Å². The van der Waals surface area contributed by atoms with Gasteiger partial charge in [0.1, 0.15) is 0 Å². The second-order valence-corrected chi connectivity index (χ2v) is 8.39. The summed E-state index contributed by atoms with van der Waals surface area (Å²) in [6, 6.07) is 16.3. The number of rotatable bonds is 10. The van der Waals surface area contributed by atoms with Gasteiger partial charge in [0.25, 0.3) is 11.8 Å². The van der Waals surface area contributed by atoms with Gasteiger partial charge in [0.2, 0.25) is 0 Å². The van der Waals surface area contributed by atoms with E-state index in [2.05, 4.69) is 20.7 Å². The maximum Gasteiger partial charge on any atom is 0.257 e. The number of piperidine rings is 1. The highest BCUT2D eigenvalue weighted by Gasteiger charge is 2.26. The van der Waals surface area contributed by atoms with Gasteiger partial charge in [-0.25, -0.2) is 5.43 Å². The standard InChI is InChI=1S/C25H31ClN4O2/c26-22-14-6-5-13-21(22)19-28-29-25(32)23(30-17-9-2-10-18-30)15-7-8-16-27-24(31)20-11-3-1-4-12-20/h1,3-6,11-14,19,23H,2,7-10,15-18H2,(H,27,31)(H,29,32)/b28-19+. The van der Waals surface area contributed by atoms with E-state index in [0.29, 0.717) is 17.1 Å². The van der Waals surface area contributed by atoms with E-state index in [1.54, 1.807) is 24.4 Å². The summed E-state index contributed by atoms with van der Waals surface area (Å²) in [5.41, 5.74) is 4.12. The minimum absolute atomic E-state index is 0.0650. The molecule has 7 heteroatoms.